The fraction of sp³-hybridized carbons (Fsp3) is 0.615. The van der Waals surface area contributed by atoms with E-state index in [0.717, 1.165) is 26.1 Å². The third-order valence-electron chi connectivity index (χ3n) is 2.96. The number of hydrogen-bond donors (Lipinski definition) is 2. The van der Waals surface area contributed by atoms with Gasteiger partial charge < -0.3 is 5.73 Å². The van der Waals surface area contributed by atoms with Crippen molar-refractivity contribution in [2.24, 2.45) is 11.7 Å². The Labute approximate surface area is 108 Å². The summed E-state index contributed by atoms with van der Waals surface area (Å²) in [7, 11) is 0. The second-order valence-corrected chi connectivity index (χ2v) is 5.66. The van der Waals surface area contributed by atoms with Crippen LogP contribution in [0.3, 0.4) is 0 Å². The smallest absolute Gasteiger partial charge is 0.0947 e. The van der Waals surface area contributed by atoms with Crippen LogP contribution in [0.2, 0.25) is 0 Å². The van der Waals surface area contributed by atoms with Crippen LogP contribution in [0.1, 0.15) is 30.5 Å². The fourth-order valence-corrected chi connectivity index (χ4v) is 2.71. The Hall–Kier alpha value is -0.870. The van der Waals surface area contributed by atoms with Crippen LogP contribution in [0.5, 0.6) is 0 Å². The summed E-state index contributed by atoms with van der Waals surface area (Å²) in [5, 5.41) is 7.44. The van der Waals surface area contributed by atoms with Crippen LogP contribution < -0.4 is 5.73 Å². The third kappa shape index (κ3) is 4.48. The lowest BCUT2D eigenvalue weighted by atomic mass is 10.1. The molecule has 0 saturated heterocycles. The molecule has 0 bridgehead atoms. The Bertz CT molecular complexity index is 359. The van der Waals surface area contributed by atoms with E-state index in [1.54, 1.807) is 0 Å². The van der Waals surface area contributed by atoms with E-state index in [0.29, 0.717) is 0 Å². The lowest BCUT2D eigenvalue weighted by molar-refractivity contribution is 0.265. The summed E-state index contributed by atoms with van der Waals surface area (Å²) in [6, 6.07) is 4.42. The van der Waals surface area contributed by atoms with Gasteiger partial charge in [-0.05, 0) is 25.1 Å². The number of rotatable bonds is 7. The topological polar surface area (TPSA) is 53.1 Å². The van der Waals surface area contributed by atoms with Crippen molar-refractivity contribution in [2.45, 2.75) is 33.7 Å². The maximum Gasteiger partial charge on any atom is 0.0947 e. The highest BCUT2D eigenvalue weighted by Crippen LogP contribution is 2.19. The SMILES string of the molecule is CCc1ccc(CN(CC)CC(C)C(=N)N)s1. The highest BCUT2D eigenvalue weighted by atomic mass is 32.1. The molecule has 1 atom stereocenters. The molecule has 1 heterocycles. The van der Waals surface area contributed by atoms with Gasteiger partial charge in [0.25, 0.3) is 0 Å². The zero-order chi connectivity index (χ0) is 12.8. The molecule has 0 aliphatic carbocycles. The summed E-state index contributed by atoms with van der Waals surface area (Å²) >= 11 is 1.89. The van der Waals surface area contributed by atoms with Gasteiger partial charge in [0.15, 0.2) is 0 Å². The zero-order valence-corrected chi connectivity index (χ0v) is 11.8. The molecular formula is C13H23N3S. The molecular weight excluding hydrogens is 230 g/mol. The molecule has 0 aliphatic heterocycles. The first-order valence-corrected chi connectivity index (χ1v) is 7.02. The fourth-order valence-electron chi connectivity index (χ4n) is 1.71. The molecule has 0 aromatic carbocycles. The van der Waals surface area contributed by atoms with Crippen molar-refractivity contribution in [3.63, 3.8) is 0 Å². The van der Waals surface area contributed by atoms with Crippen LogP contribution >= 0.6 is 11.3 Å². The lowest BCUT2D eigenvalue weighted by Gasteiger charge is -2.23. The van der Waals surface area contributed by atoms with Gasteiger partial charge in [-0.1, -0.05) is 20.8 Å². The maximum absolute atomic E-state index is 7.44. The van der Waals surface area contributed by atoms with Gasteiger partial charge in [0, 0.05) is 28.8 Å². The van der Waals surface area contributed by atoms with Gasteiger partial charge in [0.2, 0.25) is 0 Å². The number of nitrogens with two attached hydrogens (primary N) is 1. The van der Waals surface area contributed by atoms with E-state index in [2.05, 4.69) is 30.9 Å². The Morgan fingerprint density at radius 3 is 2.53 bits per heavy atom. The normalized spacial score (nSPS) is 12.9. The molecule has 0 amide bonds. The second kappa shape index (κ2) is 6.77. The summed E-state index contributed by atoms with van der Waals surface area (Å²) in [5.74, 6) is 0.421. The minimum Gasteiger partial charge on any atom is -0.387 e. The lowest BCUT2D eigenvalue weighted by Crippen LogP contribution is -2.33. The monoisotopic (exact) mass is 253 g/mol. The van der Waals surface area contributed by atoms with Crippen molar-refractivity contribution in [2.75, 3.05) is 13.1 Å². The van der Waals surface area contributed by atoms with E-state index in [-0.39, 0.29) is 11.8 Å². The first-order chi connectivity index (χ1) is 8.06. The molecule has 0 radical (unpaired) electrons. The van der Waals surface area contributed by atoms with E-state index >= 15 is 0 Å². The molecule has 1 rings (SSSR count). The van der Waals surface area contributed by atoms with Crippen molar-refractivity contribution in [3.05, 3.63) is 21.9 Å². The van der Waals surface area contributed by atoms with E-state index in [4.69, 9.17) is 11.1 Å². The van der Waals surface area contributed by atoms with Crippen molar-refractivity contribution in [1.82, 2.24) is 4.90 Å². The molecule has 3 N–H and O–H groups in total. The van der Waals surface area contributed by atoms with Crippen molar-refractivity contribution < 1.29 is 0 Å². The molecule has 1 unspecified atom stereocenters. The van der Waals surface area contributed by atoms with Gasteiger partial charge >= 0.3 is 0 Å². The third-order valence-corrected chi connectivity index (χ3v) is 4.17. The standard InChI is InChI=1S/C13H23N3S/c1-4-11-6-7-12(17-11)9-16(5-2)8-10(3)13(14)15/h6-7,10H,4-5,8-9H2,1-3H3,(H3,14,15). The first-order valence-electron chi connectivity index (χ1n) is 6.20. The summed E-state index contributed by atoms with van der Waals surface area (Å²) in [4.78, 5) is 5.19. The van der Waals surface area contributed by atoms with E-state index in [1.165, 1.54) is 9.75 Å². The van der Waals surface area contributed by atoms with Gasteiger partial charge in [-0.15, -0.1) is 11.3 Å². The number of aryl methyl sites for hydroxylation is 1. The van der Waals surface area contributed by atoms with Crippen molar-refractivity contribution in [3.8, 4) is 0 Å². The molecule has 3 nitrogen and oxygen atoms in total. The quantitative estimate of drug-likeness (QED) is 0.580. The van der Waals surface area contributed by atoms with Crippen LogP contribution in [0.4, 0.5) is 0 Å². The molecule has 17 heavy (non-hydrogen) atoms. The highest BCUT2D eigenvalue weighted by Gasteiger charge is 2.12. The van der Waals surface area contributed by atoms with E-state index in [1.807, 2.05) is 18.3 Å². The molecule has 4 heteroatoms. The summed E-state index contributed by atoms with van der Waals surface area (Å²) < 4.78 is 0. The van der Waals surface area contributed by atoms with Gasteiger partial charge in [0.05, 0.1) is 5.84 Å². The Kier molecular flexibility index (Phi) is 5.65. The summed E-state index contributed by atoms with van der Waals surface area (Å²) in [5.41, 5.74) is 5.52. The Balaban J connectivity index is 2.54. The summed E-state index contributed by atoms with van der Waals surface area (Å²) in [6.07, 6.45) is 1.11. The maximum atomic E-state index is 7.44. The van der Waals surface area contributed by atoms with E-state index in [9.17, 15) is 0 Å². The predicted molar refractivity (Wildman–Crippen MR) is 75.7 cm³/mol. The average Bonchev–Trinajstić information content (AvgIpc) is 2.75. The number of thiophene rings is 1. The molecule has 96 valence electrons. The zero-order valence-electron chi connectivity index (χ0n) is 11.0. The molecule has 0 spiro atoms. The number of hydrogen-bond acceptors (Lipinski definition) is 3. The number of nitrogens with one attached hydrogen (secondary N) is 1. The largest absolute Gasteiger partial charge is 0.387 e. The molecule has 1 aromatic rings. The Morgan fingerprint density at radius 1 is 1.41 bits per heavy atom. The first kappa shape index (κ1) is 14.2. The minimum atomic E-state index is 0.139. The number of amidine groups is 1. The highest BCUT2D eigenvalue weighted by molar-refractivity contribution is 7.11. The number of nitrogens with zero attached hydrogens (tertiary/aromatic N) is 1. The van der Waals surface area contributed by atoms with Gasteiger partial charge in [0.1, 0.15) is 0 Å². The van der Waals surface area contributed by atoms with Gasteiger partial charge in [-0.25, -0.2) is 0 Å². The van der Waals surface area contributed by atoms with Crippen LogP contribution in [0.25, 0.3) is 0 Å². The predicted octanol–water partition coefficient (Wildman–Crippen LogP) is 2.70. The van der Waals surface area contributed by atoms with Crippen LogP contribution in [-0.2, 0) is 13.0 Å². The van der Waals surface area contributed by atoms with E-state index < -0.39 is 0 Å². The van der Waals surface area contributed by atoms with Crippen LogP contribution in [0.15, 0.2) is 12.1 Å². The van der Waals surface area contributed by atoms with Crippen LogP contribution in [0, 0.1) is 11.3 Å². The second-order valence-electron chi connectivity index (χ2n) is 4.41. The Morgan fingerprint density at radius 2 is 2.06 bits per heavy atom. The van der Waals surface area contributed by atoms with Crippen molar-refractivity contribution >= 4 is 17.2 Å². The molecule has 0 aliphatic rings. The minimum absolute atomic E-state index is 0.139. The van der Waals surface area contributed by atoms with Gasteiger partial charge in [-0.2, -0.15) is 0 Å². The average molecular weight is 253 g/mol. The summed E-state index contributed by atoms with van der Waals surface area (Å²) in [6.45, 7) is 9.18. The van der Waals surface area contributed by atoms with Crippen LogP contribution in [-0.4, -0.2) is 23.8 Å². The molecule has 0 saturated carbocycles. The molecule has 1 aromatic heterocycles. The van der Waals surface area contributed by atoms with Gasteiger partial charge in [-0.3, -0.25) is 10.3 Å². The molecule has 0 fully saturated rings. The van der Waals surface area contributed by atoms with Crippen molar-refractivity contribution in [1.29, 1.82) is 5.41 Å².